The molecule has 1 unspecified atom stereocenters. The van der Waals surface area contributed by atoms with Gasteiger partial charge in [-0.1, -0.05) is 18.2 Å². The van der Waals surface area contributed by atoms with E-state index in [9.17, 15) is 21.6 Å². The van der Waals surface area contributed by atoms with Gasteiger partial charge in [0.25, 0.3) is 0 Å². The molecule has 9 heteroatoms. The normalized spacial score (nSPS) is 13.6. The summed E-state index contributed by atoms with van der Waals surface area (Å²) in [6.07, 6.45) is -3.50. The van der Waals surface area contributed by atoms with E-state index >= 15 is 0 Å². The number of hydrogen-bond donors (Lipinski definition) is 1. The maximum atomic E-state index is 12.4. The van der Waals surface area contributed by atoms with E-state index in [-0.39, 0.29) is 0 Å². The van der Waals surface area contributed by atoms with Crippen molar-refractivity contribution in [1.29, 1.82) is 0 Å². The van der Waals surface area contributed by atoms with E-state index in [4.69, 9.17) is 0 Å². The van der Waals surface area contributed by atoms with E-state index in [1.54, 1.807) is 18.2 Å². The third-order valence-corrected chi connectivity index (χ3v) is 4.41. The average Bonchev–Trinajstić information content (AvgIpc) is 2.46. The Bertz CT molecular complexity index is 764. The van der Waals surface area contributed by atoms with Crippen molar-refractivity contribution >= 4 is 10.0 Å². The molecule has 0 saturated carbocycles. The summed E-state index contributed by atoms with van der Waals surface area (Å²) in [6, 6.07) is 8.75. The van der Waals surface area contributed by atoms with Crippen molar-refractivity contribution in [3.05, 3.63) is 54.4 Å². The minimum atomic E-state index is -4.99. The smallest absolute Gasteiger partial charge is 0.404 e. The molecule has 1 aromatic carbocycles. The van der Waals surface area contributed by atoms with Crippen molar-refractivity contribution in [3.8, 4) is 5.75 Å². The van der Waals surface area contributed by atoms with E-state index in [1.807, 2.05) is 0 Å². The molecule has 0 aliphatic heterocycles. The first-order chi connectivity index (χ1) is 10.7. The molecule has 0 aliphatic carbocycles. The standard InChI is InChI=1S/C14H13F3N2O3S/c1-10(11-6-4-5-9-18-11)19-23(20,21)13-8-3-2-7-12(13)22-14(15,16)17/h2-10,19H,1H3. The third-order valence-electron chi connectivity index (χ3n) is 2.83. The zero-order chi connectivity index (χ0) is 17.1. The zero-order valence-electron chi connectivity index (χ0n) is 11.9. The lowest BCUT2D eigenvalue weighted by atomic mass is 10.2. The summed E-state index contributed by atoms with van der Waals surface area (Å²) in [5, 5.41) is 0. The molecule has 1 heterocycles. The van der Waals surface area contributed by atoms with Gasteiger partial charge in [0.1, 0.15) is 10.6 Å². The number of para-hydroxylation sites is 1. The molecule has 0 bridgehead atoms. The highest BCUT2D eigenvalue weighted by atomic mass is 32.2. The molecule has 1 aromatic heterocycles. The quantitative estimate of drug-likeness (QED) is 0.904. The SMILES string of the molecule is CC(NS(=O)(=O)c1ccccc1OC(F)(F)F)c1ccccn1. The number of hydrogen-bond acceptors (Lipinski definition) is 4. The maximum absolute atomic E-state index is 12.4. The fourth-order valence-corrected chi connectivity index (χ4v) is 3.22. The Labute approximate surface area is 131 Å². The van der Waals surface area contributed by atoms with Crippen LogP contribution in [0.2, 0.25) is 0 Å². The van der Waals surface area contributed by atoms with Crippen LogP contribution in [0.3, 0.4) is 0 Å². The fraction of sp³-hybridized carbons (Fsp3) is 0.214. The van der Waals surface area contributed by atoms with Crippen LogP contribution >= 0.6 is 0 Å². The Kier molecular flexibility index (Phi) is 4.90. The fourth-order valence-electron chi connectivity index (χ4n) is 1.87. The molecule has 0 saturated heterocycles. The van der Waals surface area contributed by atoms with Gasteiger partial charge in [-0.3, -0.25) is 4.98 Å². The Morgan fingerprint density at radius 3 is 2.39 bits per heavy atom. The topological polar surface area (TPSA) is 68.3 Å². The second kappa shape index (κ2) is 6.55. The Morgan fingerprint density at radius 2 is 1.78 bits per heavy atom. The lowest BCUT2D eigenvalue weighted by Crippen LogP contribution is -2.28. The predicted molar refractivity (Wildman–Crippen MR) is 76.1 cm³/mol. The van der Waals surface area contributed by atoms with Crippen LogP contribution in [0.5, 0.6) is 5.75 Å². The summed E-state index contributed by atoms with van der Waals surface area (Å²) in [5.41, 5.74) is 0.435. The first-order valence-electron chi connectivity index (χ1n) is 6.47. The van der Waals surface area contributed by atoms with Gasteiger partial charge in [-0.05, 0) is 31.2 Å². The Balaban J connectivity index is 2.30. The minimum Gasteiger partial charge on any atom is -0.404 e. The molecular weight excluding hydrogens is 333 g/mol. The molecule has 0 radical (unpaired) electrons. The van der Waals surface area contributed by atoms with Crippen molar-refractivity contribution in [2.45, 2.75) is 24.2 Å². The molecule has 2 aromatic rings. The molecule has 23 heavy (non-hydrogen) atoms. The molecular formula is C14H13F3N2O3S. The molecule has 1 N–H and O–H groups in total. The van der Waals surface area contributed by atoms with Crippen molar-refractivity contribution in [2.24, 2.45) is 0 Å². The van der Waals surface area contributed by atoms with Crippen LogP contribution in [0, 0.1) is 0 Å². The second-order valence-electron chi connectivity index (χ2n) is 4.59. The summed E-state index contributed by atoms with van der Waals surface area (Å²) in [6.45, 7) is 1.53. The number of sulfonamides is 1. The second-order valence-corrected chi connectivity index (χ2v) is 6.27. The van der Waals surface area contributed by atoms with Crippen LogP contribution in [-0.4, -0.2) is 19.8 Å². The van der Waals surface area contributed by atoms with Crippen LogP contribution in [0.4, 0.5) is 13.2 Å². The van der Waals surface area contributed by atoms with Crippen molar-refractivity contribution in [1.82, 2.24) is 9.71 Å². The van der Waals surface area contributed by atoms with Crippen LogP contribution in [0.15, 0.2) is 53.6 Å². The van der Waals surface area contributed by atoms with Gasteiger partial charge >= 0.3 is 6.36 Å². The molecule has 0 aliphatic rings. The monoisotopic (exact) mass is 346 g/mol. The summed E-state index contributed by atoms with van der Waals surface area (Å²) < 4.78 is 67.9. The number of pyridine rings is 1. The molecule has 124 valence electrons. The third kappa shape index (κ3) is 4.67. The van der Waals surface area contributed by atoms with Gasteiger partial charge in [-0.2, -0.15) is 0 Å². The minimum absolute atomic E-state index is 0.435. The highest BCUT2D eigenvalue weighted by Gasteiger charge is 2.34. The molecule has 2 rings (SSSR count). The molecule has 0 amide bonds. The van der Waals surface area contributed by atoms with Gasteiger partial charge in [0.2, 0.25) is 10.0 Å². The van der Waals surface area contributed by atoms with E-state index < -0.39 is 33.1 Å². The highest BCUT2D eigenvalue weighted by Crippen LogP contribution is 2.30. The summed E-state index contributed by atoms with van der Waals surface area (Å²) >= 11 is 0. The predicted octanol–water partition coefficient (Wildman–Crippen LogP) is 3.02. The number of alkyl halides is 3. The Morgan fingerprint density at radius 1 is 1.13 bits per heavy atom. The first-order valence-corrected chi connectivity index (χ1v) is 7.95. The number of ether oxygens (including phenoxy) is 1. The van der Waals surface area contributed by atoms with Crippen LogP contribution < -0.4 is 9.46 Å². The largest absolute Gasteiger partial charge is 0.573 e. The van der Waals surface area contributed by atoms with Gasteiger partial charge in [0.05, 0.1) is 11.7 Å². The van der Waals surface area contributed by atoms with Gasteiger partial charge in [-0.15, -0.1) is 13.2 Å². The van der Waals surface area contributed by atoms with Gasteiger partial charge in [-0.25, -0.2) is 13.1 Å². The number of benzene rings is 1. The van der Waals surface area contributed by atoms with Gasteiger partial charge < -0.3 is 4.74 Å². The van der Waals surface area contributed by atoms with Gasteiger partial charge in [0.15, 0.2) is 0 Å². The molecule has 0 fully saturated rings. The van der Waals surface area contributed by atoms with E-state index in [1.165, 1.54) is 25.3 Å². The number of rotatable bonds is 5. The van der Waals surface area contributed by atoms with E-state index in [0.29, 0.717) is 5.69 Å². The lowest BCUT2D eigenvalue weighted by Gasteiger charge is -2.16. The van der Waals surface area contributed by atoms with Crippen LogP contribution in [0.25, 0.3) is 0 Å². The summed E-state index contributed by atoms with van der Waals surface area (Å²) in [7, 11) is -4.23. The average molecular weight is 346 g/mol. The zero-order valence-corrected chi connectivity index (χ0v) is 12.7. The van der Waals surface area contributed by atoms with Crippen molar-refractivity contribution < 1.29 is 26.3 Å². The molecule has 0 spiro atoms. The van der Waals surface area contributed by atoms with Crippen LogP contribution in [-0.2, 0) is 10.0 Å². The lowest BCUT2D eigenvalue weighted by molar-refractivity contribution is -0.275. The van der Waals surface area contributed by atoms with Gasteiger partial charge in [0, 0.05) is 6.20 Å². The van der Waals surface area contributed by atoms with Crippen molar-refractivity contribution in [2.75, 3.05) is 0 Å². The van der Waals surface area contributed by atoms with E-state index in [2.05, 4.69) is 14.4 Å². The number of halogens is 3. The Hall–Kier alpha value is -2.13. The van der Waals surface area contributed by atoms with Crippen LogP contribution in [0.1, 0.15) is 18.7 Å². The number of nitrogens with zero attached hydrogens (tertiary/aromatic N) is 1. The van der Waals surface area contributed by atoms with E-state index in [0.717, 1.165) is 12.1 Å². The highest BCUT2D eigenvalue weighted by molar-refractivity contribution is 7.89. The summed E-state index contributed by atoms with van der Waals surface area (Å²) in [5.74, 6) is -0.791. The first kappa shape index (κ1) is 17.2. The number of nitrogens with one attached hydrogen (secondary N) is 1. The maximum Gasteiger partial charge on any atom is 0.573 e. The summed E-state index contributed by atoms with van der Waals surface area (Å²) in [4.78, 5) is 3.40. The molecule has 1 atom stereocenters. The van der Waals surface area contributed by atoms with Crippen molar-refractivity contribution in [3.63, 3.8) is 0 Å². The number of aromatic nitrogens is 1. The molecule has 5 nitrogen and oxygen atoms in total.